The topological polar surface area (TPSA) is 41.6 Å². The van der Waals surface area contributed by atoms with Crippen molar-refractivity contribution in [2.24, 2.45) is 11.8 Å². The van der Waals surface area contributed by atoms with E-state index in [4.69, 9.17) is 4.74 Å². The van der Waals surface area contributed by atoms with Crippen LogP contribution in [0, 0.1) is 11.8 Å². The van der Waals surface area contributed by atoms with Crippen LogP contribution in [0.15, 0.2) is 0 Å². The Morgan fingerprint density at radius 3 is 2.22 bits per heavy atom. The van der Waals surface area contributed by atoms with Gasteiger partial charge in [0.1, 0.15) is 5.60 Å². The molecule has 0 radical (unpaired) electrons. The fourth-order valence-corrected chi connectivity index (χ4v) is 3.51. The van der Waals surface area contributed by atoms with E-state index in [0.717, 1.165) is 37.8 Å². The maximum absolute atomic E-state index is 12.3. The molecule has 0 bridgehead atoms. The molecule has 0 saturated heterocycles. The molecule has 1 N–H and O–H groups in total. The highest BCUT2D eigenvalue weighted by atomic mass is 16.6. The molecule has 0 aromatic rings. The minimum atomic E-state index is -0.410. The fraction of sp³-hybridized carbons (Fsp3) is 0.947. The second-order valence-electron chi connectivity index (χ2n) is 8.71. The lowest BCUT2D eigenvalue weighted by Crippen LogP contribution is -2.44. The molecule has 0 atom stereocenters. The van der Waals surface area contributed by atoms with Crippen LogP contribution in [-0.2, 0) is 4.74 Å². The lowest BCUT2D eigenvalue weighted by atomic mass is 9.80. The van der Waals surface area contributed by atoms with Crippen molar-refractivity contribution >= 4 is 6.09 Å². The average Bonchev–Trinajstić information content (AvgIpc) is 3.26. The molecular weight excluding hydrogens is 288 g/mol. The van der Waals surface area contributed by atoms with Crippen molar-refractivity contribution in [1.82, 2.24) is 10.2 Å². The van der Waals surface area contributed by atoms with Gasteiger partial charge in [0, 0.05) is 25.2 Å². The quantitative estimate of drug-likeness (QED) is 0.796. The Balaban J connectivity index is 1.70. The highest BCUT2D eigenvalue weighted by Crippen LogP contribution is 2.30. The summed E-state index contributed by atoms with van der Waals surface area (Å²) in [5, 5.41) is 3.66. The van der Waals surface area contributed by atoms with Gasteiger partial charge >= 0.3 is 6.09 Å². The molecule has 0 aromatic heterocycles. The van der Waals surface area contributed by atoms with Gasteiger partial charge < -0.3 is 15.0 Å². The van der Waals surface area contributed by atoms with E-state index in [-0.39, 0.29) is 6.09 Å². The summed E-state index contributed by atoms with van der Waals surface area (Å²) in [5.74, 6) is 1.71. The molecule has 4 heteroatoms. The lowest BCUT2D eigenvalue weighted by molar-refractivity contribution is 0.0233. The number of rotatable bonds is 6. The number of ether oxygens (including phenoxy) is 1. The first kappa shape index (κ1) is 18.6. The second-order valence-corrected chi connectivity index (χ2v) is 8.71. The third kappa shape index (κ3) is 6.33. The van der Waals surface area contributed by atoms with E-state index in [9.17, 15) is 4.79 Å². The summed E-state index contributed by atoms with van der Waals surface area (Å²) < 4.78 is 5.54. The second kappa shape index (κ2) is 7.87. The van der Waals surface area contributed by atoms with Crippen LogP contribution in [0.3, 0.4) is 0 Å². The molecule has 0 unspecified atom stereocenters. The van der Waals surface area contributed by atoms with Crippen LogP contribution in [0.4, 0.5) is 4.79 Å². The lowest BCUT2D eigenvalue weighted by Gasteiger charge is -2.32. The monoisotopic (exact) mass is 324 g/mol. The van der Waals surface area contributed by atoms with Gasteiger partial charge in [-0.05, 0) is 71.1 Å². The summed E-state index contributed by atoms with van der Waals surface area (Å²) in [4.78, 5) is 14.2. The Morgan fingerprint density at radius 2 is 1.74 bits per heavy atom. The summed E-state index contributed by atoms with van der Waals surface area (Å²) in [7, 11) is 0. The normalized spacial score (nSPS) is 25.5. The highest BCUT2D eigenvalue weighted by Gasteiger charge is 2.35. The van der Waals surface area contributed by atoms with Gasteiger partial charge in [-0.1, -0.05) is 13.8 Å². The SMILES string of the molecule is CC(C)C1CCC(NCCN(C(=O)OC(C)(C)C)C2CC2)CC1. The maximum Gasteiger partial charge on any atom is 0.410 e. The summed E-state index contributed by atoms with van der Waals surface area (Å²) in [5.41, 5.74) is -0.410. The first-order valence-electron chi connectivity index (χ1n) is 9.49. The number of carbonyl (C=O) groups is 1. The van der Waals surface area contributed by atoms with E-state index in [1.54, 1.807) is 0 Å². The van der Waals surface area contributed by atoms with Crippen molar-refractivity contribution in [3.63, 3.8) is 0 Å². The maximum atomic E-state index is 12.3. The number of hydrogen-bond donors (Lipinski definition) is 1. The van der Waals surface area contributed by atoms with Crippen LogP contribution in [-0.4, -0.2) is 41.8 Å². The molecule has 0 aliphatic heterocycles. The van der Waals surface area contributed by atoms with Gasteiger partial charge in [-0.3, -0.25) is 0 Å². The smallest absolute Gasteiger partial charge is 0.410 e. The van der Waals surface area contributed by atoms with Crippen molar-refractivity contribution < 1.29 is 9.53 Å². The molecule has 0 aromatic carbocycles. The number of amides is 1. The molecule has 2 aliphatic carbocycles. The highest BCUT2D eigenvalue weighted by molar-refractivity contribution is 5.69. The predicted molar refractivity (Wildman–Crippen MR) is 94.5 cm³/mol. The molecule has 0 heterocycles. The summed E-state index contributed by atoms with van der Waals surface area (Å²) in [6.07, 6.45) is 7.33. The van der Waals surface area contributed by atoms with Crippen LogP contribution < -0.4 is 5.32 Å². The minimum absolute atomic E-state index is 0.148. The van der Waals surface area contributed by atoms with Crippen molar-refractivity contribution in [3.05, 3.63) is 0 Å². The first-order chi connectivity index (χ1) is 10.8. The molecule has 23 heavy (non-hydrogen) atoms. The predicted octanol–water partition coefficient (Wildman–Crippen LogP) is 4.19. The van der Waals surface area contributed by atoms with E-state index in [2.05, 4.69) is 19.2 Å². The Bertz CT molecular complexity index is 377. The van der Waals surface area contributed by atoms with Crippen LogP contribution in [0.2, 0.25) is 0 Å². The number of nitrogens with one attached hydrogen (secondary N) is 1. The first-order valence-corrected chi connectivity index (χ1v) is 9.49. The summed E-state index contributed by atoms with van der Waals surface area (Å²) >= 11 is 0. The Morgan fingerprint density at radius 1 is 1.13 bits per heavy atom. The van der Waals surface area contributed by atoms with Gasteiger partial charge in [0.2, 0.25) is 0 Å². The zero-order valence-corrected chi connectivity index (χ0v) is 15.7. The summed E-state index contributed by atoms with van der Waals surface area (Å²) in [6, 6.07) is 1.04. The van der Waals surface area contributed by atoms with Gasteiger partial charge in [-0.15, -0.1) is 0 Å². The number of carbonyl (C=O) groups excluding carboxylic acids is 1. The molecule has 134 valence electrons. The molecule has 2 rings (SSSR count). The Kier molecular flexibility index (Phi) is 6.35. The van der Waals surface area contributed by atoms with Crippen molar-refractivity contribution in [2.45, 2.75) is 90.8 Å². The van der Waals surface area contributed by atoms with Gasteiger partial charge in [-0.2, -0.15) is 0 Å². The Labute approximate surface area is 142 Å². The van der Waals surface area contributed by atoms with Crippen molar-refractivity contribution in [3.8, 4) is 0 Å². The van der Waals surface area contributed by atoms with Crippen molar-refractivity contribution in [2.75, 3.05) is 13.1 Å². The molecule has 2 fully saturated rings. The molecular formula is C19H36N2O2. The Hall–Kier alpha value is -0.770. The minimum Gasteiger partial charge on any atom is -0.444 e. The van der Waals surface area contributed by atoms with E-state index in [0.29, 0.717) is 12.1 Å². The zero-order valence-electron chi connectivity index (χ0n) is 15.7. The van der Waals surface area contributed by atoms with Gasteiger partial charge in [0.15, 0.2) is 0 Å². The molecule has 2 aliphatic rings. The van der Waals surface area contributed by atoms with E-state index >= 15 is 0 Å². The van der Waals surface area contributed by atoms with Gasteiger partial charge in [-0.25, -0.2) is 4.79 Å². The van der Waals surface area contributed by atoms with Gasteiger partial charge in [0.25, 0.3) is 0 Å². The molecule has 2 saturated carbocycles. The van der Waals surface area contributed by atoms with E-state index < -0.39 is 5.60 Å². The number of nitrogens with zero attached hydrogens (tertiary/aromatic N) is 1. The largest absolute Gasteiger partial charge is 0.444 e. The van der Waals surface area contributed by atoms with Crippen LogP contribution in [0.25, 0.3) is 0 Å². The average molecular weight is 325 g/mol. The summed E-state index contributed by atoms with van der Waals surface area (Å²) in [6.45, 7) is 12.1. The fourth-order valence-electron chi connectivity index (χ4n) is 3.51. The third-order valence-corrected chi connectivity index (χ3v) is 5.12. The van der Waals surface area contributed by atoms with E-state index in [1.165, 1.54) is 25.7 Å². The van der Waals surface area contributed by atoms with Crippen LogP contribution in [0.1, 0.15) is 73.1 Å². The van der Waals surface area contributed by atoms with Crippen LogP contribution >= 0.6 is 0 Å². The van der Waals surface area contributed by atoms with Crippen LogP contribution in [0.5, 0.6) is 0 Å². The zero-order chi connectivity index (χ0) is 17.0. The molecule has 1 amide bonds. The van der Waals surface area contributed by atoms with Crippen molar-refractivity contribution in [1.29, 1.82) is 0 Å². The molecule has 0 spiro atoms. The number of hydrogen-bond acceptors (Lipinski definition) is 3. The third-order valence-electron chi connectivity index (χ3n) is 5.12. The van der Waals surface area contributed by atoms with Gasteiger partial charge in [0.05, 0.1) is 0 Å². The standard InChI is InChI=1S/C19H36N2O2/c1-14(2)15-6-8-16(9-7-15)20-12-13-21(17-10-11-17)18(22)23-19(3,4)5/h14-17,20H,6-13H2,1-5H3. The van der Waals surface area contributed by atoms with E-state index in [1.807, 2.05) is 25.7 Å². The molecule has 4 nitrogen and oxygen atoms in total.